The van der Waals surface area contributed by atoms with Gasteiger partial charge in [0.25, 0.3) is 0 Å². The monoisotopic (exact) mass is 514 g/mol. The van der Waals surface area contributed by atoms with Crippen LogP contribution in [0.5, 0.6) is 0 Å². The summed E-state index contributed by atoms with van der Waals surface area (Å²) in [6, 6.07) is 23.8. The standard InChI is InChI=1S/C27H28Cl2N2O2S/c1-19(2)30-27(33)25(16-20-7-4-3-5-8-20)31(17-21-9-6-10-23(29)15-21)26(32)18-34-24-13-11-22(28)12-14-24/h3-15,19,25H,16-18H2,1-2H3,(H,30,33). The second-order valence-corrected chi connectivity index (χ2v) is 10.2. The Balaban J connectivity index is 1.90. The van der Waals surface area contributed by atoms with Crippen LogP contribution in [0.2, 0.25) is 10.0 Å². The SMILES string of the molecule is CC(C)NC(=O)C(Cc1ccccc1)N(Cc1cccc(Cl)c1)C(=O)CSc1ccc(Cl)cc1. The maximum atomic E-state index is 13.6. The highest BCUT2D eigenvalue weighted by Gasteiger charge is 2.30. The molecule has 0 aliphatic heterocycles. The van der Waals surface area contributed by atoms with Crippen LogP contribution < -0.4 is 5.32 Å². The molecule has 34 heavy (non-hydrogen) atoms. The number of amides is 2. The molecule has 0 aliphatic rings. The number of nitrogens with one attached hydrogen (secondary N) is 1. The summed E-state index contributed by atoms with van der Waals surface area (Å²) >= 11 is 13.6. The highest BCUT2D eigenvalue weighted by atomic mass is 35.5. The van der Waals surface area contributed by atoms with Crippen molar-refractivity contribution in [2.75, 3.05) is 5.75 Å². The van der Waals surface area contributed by atoms with Crippen LogP contribution in [0.25, 0.3) is 0 Å². The van der Waals surface area contributed by atoms with Crippen molar-refractivity contribution in [3.8, 4) is 0 Å². The zero-order chi connectivity index (χ0) is 24.5. The fraction of sp³-hybridized carbons (Fsp3) is 0.259. The molecule has 3 rings (SSSR count). The van der Waals surface area contributed by atoms with Crippen molar-refractivity contribution in [2.24, 2.45) is 0 Å². The van der Waals surface area contributed by atoms with E-state index in [-0.39, 0.29) is 30.2 Å². The van der Waals surface area contributed by atoms with Gasteiger partial charge in [-0.1, -0.05) is 65.7 Å². The minimum atomic E-state index is -0.665. The molecule has 0 fully saturated rings. The smallest absolute Gasteiger partial charge is 0.243 e. The fourth-order valence-electron chi connectivity index (χ4n) is 3.53. The number of carbonyl (C=O) groups is 2. The summed E-state index contributed by atoms with van der Waals surface area (Å²) in [5.74, 6) is -0.104. The van der Waals surface area contributed by atoms with E-state index >= 15 is 0 Å². The van der Waals surface area contributed by atoms with Gasteiger partial charge < -0.3 is 10.2 Å². The van der Waals surface area contributed by atoms with Crippen LogP contribution in [0.15, 0.2) is 83.8 Å². The van der Waals surface area contributed by atoms with E-state index in [4.69, 9.17) is 23.2 Å². The lowest BCUT2D eigenvalue weighted by molar-refractivity contribution is -0.139. The second-order valence-electron chi connectivity index (χ2n) is 8.26. The van der Waals surface area contributed by atoms with Crippen LogP contribution in [0.3, 0.4) is 0 Å². The van der Waals surface area contributed by atoms with E-state index < -0.39 is 6.04 Å². The molecule has 7 heteroatoms. The third kappa shape index (κ3) is 8.08. The summed E-state index contributed by atoms with van der Waals surface area (Å²) in [6.45, 7) is 4.11. The van der Waals surface area contributed by atoms with Crippen molar-refractivity contribution < 1.29 is 9.59 Å². The normalized spacial score (nSPS) is 11.8. The van der Waals surface area contributed by atoms with Crippen molar-refractivity contribution in [3.63, 3.8) is 0 Å². The molecule has 0 spiro atoms. The van der Waals surface area contributed by atoms with Gasteiger partial charge in [0.2, 0.25) is 11.8 Å². The van der Waals surface area contributed by atoms with Gasteiger partial charge in [-0.3, -0.25) is 9.59 Å². The van der Waals surface area contributed by atoms with Gasteiger partial charge in [-0.05, 0) is 61.4 Å². The van der Waals surface area contributed by atoms with Gasteiger partial charge in [0, 0.05) is 33.9 Å². The molecule has 178 valence electrons. The van der Waals surface area contributed by atoms with Gasteiger partial charge in [-0.25, -0.2) is 0 Å². The Labute approximate surface area is 215 Å². The summed E-state index contributed by atoms with van der Waals surface area (Å²) in [5.41, 5.74) is 1.86. The molecule has 1 atom stereocenters. The molecule has 4 nitrogen and oxygen atoms in total. The first-order chi connectivity index (χ1) is 16.3. The Bertz CT molecular complexity index is 1090. The number of hydrogen-bond donors (Lipinski definition) is 1. The quantitative estimate of drug-likeness (QED) is 0.325. The lowest BCUT2D eigenvalue weighted by atomic mass is 10.0. The molecule has 2 amide bonds. The fourth-order valence-corrected chi connectivity index (χ4v) is 4.65. The van der Waals surface area contributed by atoms with E-state index in [9.17, 15) is 9.59 Å². The van der Waals surface area contributed by atoms with Gasteiger partial charge in [-0.15, -0.1) is 11.8 Å². The molecule has 1 unspecified atom stereocenters. The van der Waals surface area contributed by atoms with E-state index in [1.165, 1.54) is 11.8 Å². The zero-order valence-corrected chi connectivity index (χ0v) is 21.5. The first kappa shape index (κ1) is 26.1. The van der Waals surface area contributed by atoms with Gasteiger partial charge in [0.15, 0.2) is 0 Å². The van der Waals surface area contributed by atoms with Crippen molar-refractivity contribution in [1.82, 2.24) is 10.2 Å². The Morgan fingerprint density at radius 3 is 2.21 bits per heavy atom. The number of hydrogen-bond acceptors (Lipinski definition) is 3. The van der Waals surface area contributed by atoms with Crippen LogP contribution >= 0.6 is 35.0 Å². The first-order valence-corrected chi connectivity index (χ1v) is 12.8. The molecule has 0 saturated carbocycles. The maximum absolute atomic E-state index is 13.6. The molecule has 0 bridgehead atoms. The average Bonchev–Trinajstić information content (AvgIpc) is 2.81. The number of halogens is 2. The van der Waals surface area contributed by atoms with E-state index in [0.717, 1.165) is 16.0 Å². The summed E-state index contributed by atoms with van der Waals surface area (Å²) < 4.78 is 0. The summed E-state index contributed by atoms with van der Waals surface area (Å²) in [5, 5.41) is 4.23. The van der Waals surface area contributed by atoms with Crippen molar-refractivity contribution >= 4 is 46.8 Å². The Kier molecular flexibility index (Phi) is 9.87. The molecule has 1 N–H and O–H groups in total. The van der Waals surface area contributed by atoms with Crippen molar-refractivity contribution in [1.29, 1.82) is 0 Å². The summed E-state index contributed by atoms with van der Waals surface area (Å²) in [6.07, 6.45) is 0.414. The molecule has 0 aliphatic carbocycles. The Morgan fingerprint density at radius 2 is 1.56 bits per heavy atom. The van der Waals surface area contributed by atoms with Gasteiger partial charge >= 0.3 is 0 Å². The van der Waals surface area contributed by atoms with Crippen LogP contribution in [0.1, 0.15) is 25.0 Å². The predicted molar refractivity (Wildman–Crippen MR) is 141 cm³/mol. The van der Waals surface area contributed by atoms with Crippen LogP contribution in [-0.4, -0.2) is 34.6 Å². The number of rotatable bonds is 10. The van der Waals surface area contributed by atoms with Gasteiger partial charge in [0.05, 0.1) is 5.75 Å². The van der Waals surface area contributed by atoms with Crippen LogP contribution in [0, 0.1) is 0 Å². The summed E-state index contributed by atoms with van der Waals surface area (Å²) in [4.78, 5) is 29.5. The maximum Gasteiger partial charge on any atom is 0.243 e. The highest BCUT2D eigenvalue weighted by Crippen LogP contribution is 2.23. The lowest BCUT2D eigenvalue weighted by Gasteiger charge is -2.32. The molecule has 0 saturated heterocycles. The van der Waals surface area contributed by atoms with Gasteiger partial charge in [0.1, 0.15) is 6.04 Å². The predicted octanol–water partition coefficient (Wildman–Crippen LogP) is 6.25. The molecule has 3 aromatic rings. The van der Waals surface area contributed by atoms with E-state index in [1.807, 2.05) is 74.5 Å². The Hall–Kier alpha value is -2.47. The molecule has 0 aromatic heterocycles. The molecular weight excluding hydrogens is 487 g/mol. The average molecular weight is 516 g/mol. The van der Waals surface area contributed by atoms with Crippen LogP contribution in [0.4, 0.5) is 0 Å². The number of thioether (sulfide) groups is 1. The second kappa shape index (κ2) is 12.8. The third-order valence-electron chi connectivity index (χ3n) is 5.12. The molecule has 0 radical (unpaired) electrons. The summed E-state index contributed by atoms with van der Waals surface area (Å²) in [7, 11) is 0. The van der Waals surface area contributed by atoms with E-state index in [0.29, 0.717) is 16.5 Å². The van der Waals surface area contributed by atoms with Crippen molar-refractivity contribution in [3.05, 3.63) is 100 Å². The minimum Gasteiger partial charge on any atom is -0.352 e. The first-order valence-electron chi connectivity index (χ1n) is 11.1. The van der Waals surface area contributed by atoms with Gasteiger partial charge in [-0.2, -0.15) is 0 Å². The number of benzene rings is 3. The number of nitrogens with zero attached hydrogens (tertiary/aromatic N) is 1. The highest BCUT2D eigenvalue weighted by molar-refractivity contribution is 8.00. The van der Waals surface area contributed by atoms with E-state index in [1.54, 1.807) is 23.1 Å². The molecular formula is C27H28Cl2N2O2S. The largest absolute Gasteiger partial charge is 0.352 e. The molecule has 3 aromatic carbocycles. The zero-order valence-electron chi connectivity index (χ0n) is 19.2. The topological polar surface area (TPSA) is 49.4 Å². The Morgan fingerprint density at radius 1 is 0.882 bits per heavy atom. The minimum absolute atomic E-state index is 0.0441. The lowest BCUT2D eigenvalue weighted by Crippen LogP contribution is -2.52. The van der Waals surface area contributed by atoms with E-state index in [2.05, 4.69) is 5.32 Å². The molecule has 0 heterocycles. The van der Waals surface area contributed by atoms with Crippen molar-refractivity contribution in [2.45, 2.75) is 43.8 Å². The van der Waals surface area contributed by atoms with Crippen LogP contribution in [-0.2, 0) is 22.6 Å². The number of carbonyl (C=O) groups excluding carboxylic acids is 2. The third-order valence-corrected chi connectivity index (χ3v) is 6.60.